The first-order valence-corrected chi connectivity index (χ1v) is 7.25. The van der Waals surface area contributed by atoms with E-state index in [1.54, 1.807) is 12.2 Å². The van der Waals surface area contributed by atoms with E-state index in [0.717, 1.165) is 17.9 Å². The summed E-state index contributed by atoms with van der Waals surface area (Å²) in [5.41, 5.74) is 2.49. The molecule has 0 aliphatic rings. The van der Waals surface area contributed by atoms with Gasteiger partial charge in [0.15, 0.2) is 5.78 Å². The second kappa shape index (κ2) is 6.26. The number of aromatic nitrogens is 3. The molecule has 22 heavy (non-hydrogen) atoms. The third kappa shape index (κ3) is 3.06. The van der Waals surface area contributed by atoms with Gasteiger partial charge in [-0.15, -0.1) is 0 Å². The molecule has 110 valence electrons. The zero-order chi connectivity index (χ0) is 15.4. The Morgan fingerprint density at radius 1 is 1.09 bits per heavy atom. The molecule has 0 unspecified atom stereocenters. The highest BCUT2D eigenvalue weighted by atomic mass is 16.1. The molecule has 0 saturated heterocycles. The maximum atomic E-state index is 12.2. The van der Waals surface area contributed by atoms with Gasteiger partial charge in [-0.1, -0.05) is 0 Å². The first-order chi connectivity index (χ1) is 10.8. The summed E-state index contributed by atoms with van der Waals surface area (Å²) in [6.07, 6.45) is 9.15. The number of hydrogen-bond acceptors (Lipinski definition) is 2. The van der Waals surface area contributed by atoms with Crippen LogP contribution in [0.1, 0.15) is 23.0 Å². The van der Waals surface area contributed by atoms with Crippen LogP contribution in [-0.2, 0) is 6.54 Å². The topological polar surface area (TPSA) is 39.8 Å². The zero-order valence-corrected chi connectivity index (χ0v) is 12.4. The Kier molecular flexibility index (Phi) is 4.01. The van der Waals surface area contributed by atoms with Crippen molar-refractivity contribution in [2.75, 3.05) is 0 Å². The Bertz CT molecular complexity index is 780. The minimum absolute atomic E-state index is 0.0231. The second-order valence-electron chi connectivity index (χ2n) is 4.93. The predicted octanol–water partition coefficient (Wildman–Crippen LogP) is 3.59. The average molecular weight is 291 g/mol. The van der Waals surface area contributed by atoms with Gasteiger partial charge in [0.2, 0.25) is 0 Å². The van der Waals surface area contributed by atoms with Gasteiger partial charge in [-0.05, 0) is 61.5 Å². The lowest BCUT2D eigenvalue weighted by molar-refractivity contribution is 0.104. The van der Waals surface area contributed by atoms with E-state index in [0.29, 0.717) is 5.56 Å². The monoisotopic (exact) mass is 291 g/mol. The summed E-state index contributed by atoms with van der Waals surface area (Å²) in [4.78, 5) is 12.2. The van der Waals surface area contributed by atoms with Gasteiger partial charge in [0.25, 0.3) is 0 Å². The van der Waals surface area contributed by atoms with Crippen molar-refractivity contribution in [3.05, 3.63) is 78.4 Å². The van der Waals surface area contributed by atoms with Crippen molar-refractivity contribution in [3.8, 4) is 5.69 Å². The Hall–Kier alpha value is -2.88. The first-order valence-electron chi connectivity index (χ1n) is 7.25. The molecule has 3 aromatic rings. The Morgan fingerprint density at radius 3 is 2.45 bits per heavy atom. The van der Waals surface area contributed by atoms with E-state index >= 15 is 0 Å². The number of benzene rings is 1. The first kappa shape index (κ1) is 14.1. The van der Waals surface area contributed by atoms with Crippen LogP contribution in [0.4, 0.5) is 0 Å². The number of ketones is 1. The van der Waals surface area contributed by atoms with E-state index < -0.39 is 0 Å². The lowest BCUT2D eigenvalue weighted by Crippen LogP contribution is -1.96. The van der Waals surface area contributed by atoms with Gasteiger partial charge in [0, 0.05) is 36.4 Å². The van der Waals surface area contributed by atoms with Gasteiger partial charge >= 0.3 is 0 Å². The molecule has 0 bridgehead atoms. The van der Waals surface area contributed by atoms with Crippen molar-refractivity contribution < 1.29 is 4.79 Å². The summed E-state index contributed by atoms with van der Waals surface area (Å²) in [5, 5.41) is 4.32. The molecular weight excluding hydrogens is 274 g/mol. The smallest absolute Gasteiger partial charge is 0.185 e. The molecule has 2 heterocycles. The van der Waals surface area contributed by atoms with Gasteiger partial charge in [0.05, 0.1) is 5.69 Å². The minimum atomic E-state index is -0.0231. The van der Waals surface area contributed by atoms with E-state index in [4.69, 9.17) is 0 Å². The molecule has 0 aliphatic heterocycles. The van der Waals surface area contributed by atoms with Crippen LogP contribution in [0.15, 0.2) is 67.1 Å². The van der Waals surface area contributed by atoms with Crippen LogP contribution in [0, 0.1) is 0 Å². The highest BCUT2D eigenvalue weighted by molar-refractivity contribution is 6.06. The number of carbonyl (C=O) groups excluding carboxylic acids is 1. The summed E-state index contributed by atoms with van der Waals surface area (Å²) in [5.74, 6) is -0.0231. The quantitative estimate of drug-likeness (QED) is 0.532. The second-order valence-corrected chi connectivity index (χ2v) is 4.93. The Morgan fingerprint density at radius 2 is 1.82 bits per heavy atom. The molecule has 0 amide bonds. The highest BCUT2D eigenvalue weighted by Gasteiger charge is 2.03. The van der Waals surface area contributed by atoms with Gasteiger partial charge in [-0.3, -0.25) is 9.48 Å². The molecule has 0 fully saturated rings. The molecule has 4 nitrogen and oxygen atoms in total. The maximum absolute atomic E-state index is 12.2. The number of allylic oxidation sites excluding steroid dienone is 1. The molecular formula is C18H17N3O. The lowest BCUT2D eigenvalue weighted by Gasteiger charge is -2.03. The van der Waals surface area contributed by atoms with Crippen LogP contribution in [0.2, 0.25) is 0 Å². The number of rotatable bonds is 5. The van der Waals surface area contributed by atoms with Crippen molar-refractivity contribution in [2.24, 2.45) is 0 Å². The molecule has 3 rings (SSSR count). The zero-order valence-electron chi connectivity index (χ0n) is 12.4. The molecule has 0 aliphatic carbocycles. The summed E-state index contributed by atoms with van der Waals surface area (Å²) < 4.78 is 3.83. The van der Waals surface area contributed by atoms with Crippen LogP contribution in [-0.4, -0.2) is 20.1 Å². The summed E-state index contributed by atoms with van der Waals surface area (Å²) in [7, 11) is 0. The van der Waals surface area contributed by atoms with Gasteiger partial charge in [-0.2, -0.15) is 5.10 Å². The minimum Gasteiger partial charge on any atom is -0.324 e. The SMILES string of the molecule is CCn1ccc(C=CC(=O)c2ccc(-n3cccc3)cc2)n1. The Balaban J connectivity index is 1.72. The fourth-order valence-corrected chi connectivity index (χ4v) is 2.20. The van der Waals surface area contributed by atoms with Crippen molar-refractivity contribution in [2.45, 2.75) is 13.5 Å². The molecule has 0 N–H and O–H groups in total. The van der Waals surface area contributed by atoms with Crippen LogP contribution in [0.25, 0.3) is 11.8 Å². The average Bonchev–Trinajstić information content (AvgIpc) is 3.24. The molecule has 1 aromatic carbocycles. The Labute approximate surface area is 129 Å². The van der Waals surface area contributed by atoms with Crippen LogP contribution >= 0.6 is 0 Å². The molecule has 2 aromatic heterocycles. The van der Waals surface area contributed by atoms with Crippen molar-refractivity contribution >= 4 is 11.9 Å². The van der Waals surface area contributed by atoms with E-state index in [1.807, 2.05) is 77.2 Å². The normalized spacial score (nSPS) is 11.1. The van der Waals surface area contributed by atoms with Crippen molar-refractivity contribution in [1.82, 2.24) is 14.3 Å². The van der Waals surface area contributed by atoms with Crippen molar-refractivity contribution in [1.29, 1.82) is 0 Å². The summed E-state index contributed by atoms with van der Waals surface area (Å²) in [6.45, 7) is 2.85. The summed E-state index contributed by atoms with van der Waals surface area (Å²) >= 11 is 0. The molecule has 0 atom stereocenters. The van der Waals surface area contributed by atoms with Crippen molar-refractivity contribution in [3.63, 3.8) is 0 Å². The highest BCUT2D eigenvalue weighted by Crippen LogP contribution is 2.11. The molecule has 4 heteroatoms. The van der Waals surface area contributed by atoms with E-state index in [9.17, 15) is 4.79 Å². The number of nitrogens with zero attached hydrogens (tertiary/aromatic N) is 3. The van der Waals surface area contributed by atoms with E-state index in [-0.39, 0.29) is 5.78 Å². The van der Waals surface area contributed by atoms with Crippen LogP contribution in [0.5, 0.6) is 0 Å². The van der Waals surface area contributed by atoms with Gasteiger partial charge < -0.3 is 4.57 Å². The third-order valence-corrected chi connectivity index (χ3v) is 3.45. The number of aryl methyl sites for hydroxylation is 1. The molecule has 0 spiro atoms. The fourth-order valence-electron chi connectivity index (χ4n) is 2.20. The third-order valence-electron chi connectivity index (χ3n) is 3.45. The van der Waals surface area contributed by atoms with Crippen LogP contribution in [0.3, 0.4) is 0 Å². The summed E-state index contributed by atoms with van der Waals surface area (Å²) in [6, 6.07) is 13.4. The number of hydrogen-bond donors (Lipinski definition) is 0. The lowest BCUT2D eigenvalue weighted by atomic mass is 10.1. The largest absolute Gasteiger partial charge is 0.324 e. The molecule has 0 radical (unpaired) electrons. The van der Waals surface area contributed by atoms with Crippen LogP contribution < -0.4 is 0 Å². The van der Waals surface area contributed by atoms with E-state index in [2.05, 4.69) is 5.10 Å². The van der Waals surface area contributed by atoms with E-state index in [1.165, 1.54) is 0 Å². The van der Waals surface area contributed by atoms with Gasteiger partial charge in [-0.25, -0.2) is 0 Å². The standard InChI is InChI=1S/C18H17N3O/c1-2-21-14-11-16(19-21)7-10-18(22)15-5-8-17(9-6-15)20-12-3-4-13-20/h3-14H,2H2,1H3. The number of carbonyl (C=O) groups is 1. The predicted molar refractivity (Wildman–Crippen MR) is 87.0 cm³/mol. The maximum Gasteiger partial charge on any atom is 0.185 e. The molecule has 0 saturated carbocycles. The van der Waals surface area contributed by atoms with Gasteiger partial charge in [0.1, 0.15) is 0 Å². The fraction of sp³-hybridized carbons (Fsp3) is 0.111.